The summed E-state index contributed by atoms with van der Waals surface area (Å²) in [5, 5.41) is 27.6. The van der Waals surface area contributed by atoms with Gasteiger partial charge in [-0.3, -0.25) is 4.79 Å². The molecular formula is C12H13BrO5. The molecule has 0 aromatic heterocycles. The summed E-state index contributed by atoms with van der Waals surface area (Å²) in [4.78, 5) is 21.4. The molecule has 0 radical (unpaired) electrons. The summed E-state index contributed by atoms with van der Waals surface area (Å²) in [6.07, 6.45) is -1.55. The number of carboxylic acid groups (broad SMARTS) is 2. The fraction of sp³-hybridized carbons (Fsp3) is 0.333. The van der Waals surface area contributed by atoms with Crippen LogP contribution in [-0.4, -0.2) is 27.3 Å². The van der Waals surface area contributed by atoms with Crippen LogP contribution in [0.5, 0.6) is 0 Å². The third-order valence-electron chi connectivity index (χ3n) is 2.55. The predicted octanol–water partition coefficient (Wildman–Crippen LogP) is 1.72. The lowest BCUT2D eigenvalue weighted by molar-refractivity contribution is -0.147. The Kier molecular flexibility index (Phi) is 5.30. The summed E-state index contributed by atoms with van der Waals surface area (Å²) in [5.41, 5.74) is 1.47. The zero-order valence-electron chi connectivity index (χ0n) is 9.47. The molecule has 1 aromatic rings. The molecule has 0 spiro atoms. The van der Waals surface area contributed by atoms with Crippen LogP contribution in [0.25, 0.3) is 0 Å². The second-order valence-electron chi connectivity index (χ2n) is 3.76. The van der Waals surface area contributed by atoms with E-state index in [-0.39, 0.29) is 18.4 Å². The van der Waals surface area contributed by atoms with Gasteiger partial charge in [0.2, 0.25) is 0 Å². The van der Waals surface area contributed by atoms with Crippen molar-refractivity contribution in [2.75, 3.05) is 0 Å². The van der Waals surface area contributed by atoms with Gasteiger partial charge in [-0.05, 0) is 23.1 Å². The summed E-state index contributed by atoms with van der Waals surface area (Å²) in [7, 11) is 0. The minimum Gasteiger partial charge on any atom is -0.481 e. The van der Waals surface area contributed by atoms with Gasteiger partial charge in [0.25, 0.3) is 0 Å². The Bertz CT molecular complexity index is 458. The lowest BCUT2D eigenvalue weighted by Crippen LogP contribution is -2.15. The standard InChI is InChI=1S/C12H13BrO5/c13-6-8-3-1-2-7(4-5-9(14)15)10(8)11(16)12(17)18/h1-3,11,16H,4-6H2,(H,14,15)(H,17,18). The molecule has 98 valence electrons. The Morgan fingerprint density at radius 1 is 1.22 bits per heavy atom. The van der Waals surface area contributed by atoms with E-state index in [0.29, 0.717) is 16.5 Å². The van der Waals surface area contributed by atoms with Gasteiger partial charge in [0, 0.05) is 11.8 Å². The number of carboxylic acids is 2. The number of aliphatic hydroxyl groups is 1. The van der Waals surface area contributed by atoms with Crippen molar-refractivity contribution < 1.29 is 24.9 Å². The zero-order chi connectivity index (χ0) is 13.7. The van der Waals surface area contributed by atoms with E-state index in [1.165, 1.54) is 0 Å². The first-order valence-electron chi connectivity index (χ1n) is 5.26. The van der Waals surface area contributed by atoms with Gasteiger partial charge in [0.1, 0.15) is 0 Å². The molecule has 6 heteroatoms. The van der Waals surface area contributed by atoms with Crippen LogP contribution in [0.15, 0.2) is 18.2 Å². The number of hydrogen-bond donors (Lipinski definition) is 3. The second kappa shape index (κ2) is 6.51. The van der Waals surface area contributed by atoms with Crippen molar-refractivity contribution in [2.45, 2.75) is 24.3 Å². The number of carbonyl (C=O) groups is 2. The van der Waals surface area contributed by atoms with Crippen molar-refractivity contribution in [2.24, 2.45) is 0 Å². The highest BCUT2D eigenvalue weighted by atomic mass is 79.9. The molecule has 0 aliphatic rings. The number of aliphatic hydroxyl groups excluding tert-OH is 1. The van der Waals surface area contributed by atoms with Crippen LogP contribution >= 0.6 is 15.9 Å². The summed E-state index contributed by atoms with van der Waals surface area (Å²) < 4.78 is 0. The maximum absolute atomic E-state index is 10.9. The van der Waals surface area contributed by atoms with E-state index in [2.05, 4.69) is 15.9 Å². The summed E-state index contributed by atoms with van der Waals surface area (Å²) in [5.74, 6) is -2.31. The molecule has 5 nitrogen and oxygen atoms in total. The summed E-state index contributed by atoms with van der Waals surface area (Å²) in [6, 6.07) is 5.04. The normalized spacial score (nSPS) is 12.1. The number of alkyl halides is 1. The minimum atomic E-state index is -1.64. The molecule has 1 aromatic carbocycles. The maximum Gasteiger partial charge on any atom is 0.337 e. The Morgan fingerprint density at radius 2 is 1.83 bits per heavy atom. The molecule has 0 aliphatic heterocycles. The van der Waals surface area contributed by atoms with Crippen LogP contribution in [0.3, 0.4) is 0 Å². The quantitative estimate of drug-likeness (QED) is 0.694. The van der Waals surface area contributed by atoms with E-state index in [1.54, 1.807) is 18.2 Å². The average molecular weight is 317 g/mol. The molecule has 0 bridgehead atoms. The topological polar surface area (TPSA) is 94.8 Å². The van der Waals surface area contributed by atoms with Crippen molar-refractivity contribution in [1.29, 1.82) is 0 Å². The highest BCUT2D eigenvalue weighted by Gasteiger charge is 2.22. The molecule has 3 N–H and O–H groups in total. The van der Waals surface area contributed by atoms with Gasteiger partial charge in [-0.15, -0.1) is 0 Å². The Morgan fingerprint density at radius 3 is 2.33 bits per heavy atom. The van der Waals surface area contributed by atoms with E-state index in [9.17, 15) is 14.7 Å². The first-order valence-corrected chi connectivity index (χ1v) is 6.38. The Balaban J connectivity index is 3.15. The number of hydrogen-bond acceptors (Lipinski definition) is 3. The number of halogens is 1. The van der Waals surface area contributed by atoms with Crippen molar-refractivity contribution in [3.63, 3.8) is 0 Å². The van der Waals surface area contributed by atoms with E-state index in [4.69, 9.17) is 10.2 Å². The fourth-order valence-corrected chi connectivity index (χ4v) is 2.21. The monoisotopic (exact) mass is 316 g/mol. The van der Waals surface area contributed by atoms with E-state index >= 15 is 0 Å². The smallest absolute Gasteiger partial charge is 0.337 e. The molecule has 18 heavy (non-hydrogen) atoms. The SMILES string of the molecule is O=C(O)CCc1cccc(CBr)c1C(O)C(=O)O. The van der Waals surface area contributed by atoms with Gasteiger partial charge in [0.05, 0.1) is 0 Å². The number of aryl methyl sites for hydroxylation is 1. The first kappa shape index (κ1) is 14.7. The molecule has 0 amide bonds. The Hall–Kier alpha value is -1.40. The van der Waals surface area contributed by atoms with Crippen LogP contribution in [0.4, 0.5) is 0 Å². The predicted molar refractivity (Wildman–Crippen MR) is 67.6 cm³/mol. The maximum atomic E-state index is 10.9. The third kappa shape index (κ3) is 3.54. The minimum absolute atomic E-state index is 0.106. The van der Waals surface area contributed by atoms with Crippen LogP contribution in [-0.2, 0) is 21.3 Å². The molecule has 0 heterocycles. The van der Waals surface area contributed by atoms with Crippen LogP contribution < -0.4 is 0 Å². The molecule has 1 atom stereocenters. The molecule has 0 saturated carbocycles. The largest absolute Gasteiger partial charge is 0.481 e. The summed E-state index contributed by atoms with van der Waals surface area (Å²) >= 11 is 3.22. The fourth-order valence-electron chi connectivity index (χ4n) is 1.72. The van der Waals surface area contributed by atoms with Gasteiger partial charge in [-0.1, -0.05) is 34.1 Å². The molecule has 0 saturated heterocycles. The highest BCUT2D eigenvalue weighted by molar-refractivity contribution is 9.08. The number of benzene rings is 1. The highest BCUT2D eigenvalue weighted by Crippen LogP contribution is 2.26. The lowest BCUT2D eigenvalue weighted by atomic mass is 9.94. The molecular weight excluding hydrogens is 304 g/mol. The molecule has 1 unspecified atom stereocenters. The van der Waals surface area contributed by atoms with E-state index in [1.807, 2.05) is 0 Å². The number of aliphatic carboxylic acids is 2. The zero-order valence-corrected chi connectivity index (χ0v) is 11.1. The van der Waals surface area contributed by atoms with Gasteiger partial charge < -0.3 is 15.3 Å². The lowest BCUT2D eigenvalue weighted by Gasteiger charge is -2.15. The van der Waals surface area contributed by atoms with Crippen LogP contribution in [0, 0.1) is 0 Å². The average Bonchev–Trinajstić information content (AvgIpc) is 2.34. The number of rotatable bonds is 6. The van der Waals surface area contributed by atoms with Crippen molar-refractivity contribution in [3.05, 3.63) is 34.9 Å². The van der Waals surface area contributed by atoms with Gasteiger partial charge >= 0.3 is 11.9 Å². The van der Waals surface area contributed by atoms with Crippen molar-refractivity contribution in [1.82, 2.24) is 0 Å². The molecule has 0 fully saturated rings. The summed E-state index contributed by atoms with van der Waals surface area (Å²) in [6.45, 7) is 0. The van der Waals surface area contributed by atoms with Gasteiger partial charge in [-0.25, -0.2) is 4.79 Å². The van der Waals surface area contributed by atoms with Crippen molar-refractivity contribution >= 4 is 27.9 Å². The van der Waals surface area contributed by atoms with Crippen LogP contribution in [0.1, 0.15) is 29.2 Å². The second-order valence-corrected chi connectivity index (χ2v) is 4.32. The molecule has 0 aliphatic carbocycles. The van der Waals surface area contributed by atoms with E-state index in [0.717, 1.165) is 0 Å². The van der Waals surface area contributed by atoms with Crippen LogP contribution in [0.2, 0.25) is 0 Å². The van der Waals surface area contributed by atoms with E-state index < -0.39 is 18.0 Å². The Labute approximate surface area is 112 Å². The first-order chi connectivity index (χ1) is 8.47. The van der Waals surface area contributed by atoms with Gasteiger partial charge in [-0.2, -0.15) is 0 Å². The third-order valence-corrected chi connectivity index (χ3v) is 3.15. The van der Waals surface area contributed by atoms with Gasteiger partial charge in [0.15, 0.2) is 6.10 Å². The molecule has 1 rings (SSSR count). The van der Waals surface area contributed by atoms with Crippen molar-refractivity contribution in [3.8, 4) is 0 Å².